The molecule has 2 aliphatic heterocycles. The largest absolute Gasteiger partial charge is 0.458 e. The molecule has 15 rings (SSSR count). The predicted molar refractivity (Wildman–Crippen MR) is 367 cm³/mol. The minimum absolute atomic E-state index is 0.00340. The van der Waals surface area contributed by atoms with Crippen LogP contribution in [0.15, 0.2) is 255 Å². The van der Waals surface area contributed by atoms with Crippen molar-refractivity contribution in [3.63, 3.8) is 0 Å². The Morgan fingerprint density at radius 1 is 0.337 bits per heavy atom. The zero-order valence-corrected chi connectivity index (χ0v) is 50.6. The zero-order valence-electron chi connectivity index (χ0n) is 50.6. The molecule has 12 aromatic carbocycles. The fourth-order valence-corrected chi connectivity index (χ4v) is 13.7. The van der Waals surface area contributed by atoms with E-state index in [0.29, 0.717) is 0 Å². The van der Waals surface area contributed by atoms with Gasteiger partial charge in [-0.05, 0) is 165 Å². The van der Waals surface area contributed by atoms with Gasteiger partial charge in [-0.15, -0.1) is 0 Å². The molecular formula is C82H69BN2O. The molecule has 0 bridgehead atoms. The van der Waals surface area contributed by atoms with Crippen molar-refractivity contribution in [3.8, 4) is 72.8 Å². The lowest BCUT2D eigenvalue weighted by molar-refractivity contribution is 0.489. The summed E-state index contributed by atoms with van der Waals surface area (Å²) < 4.78 is 10.4. The molecule has 0 spiro atoms. The minimum Gasteiger partial charge on any atom is -0.458 e. The lowest BCUT2D eigenvalue weighted by Gasteiger charge is -2.42. The summed E-state index contributed by atoms with van der Waals surface area (Å²) in [6, 6.07) is 95.7. The predicted octanol–water partition coefficient (Wildman–Crippen LogP) is 20.6. The number of fused-ring (bicyclic) bond motifs is 8. The number of hydrogen-bond donors (Lipinski definition) is 0. The lowest BCUT2D eigenvalue weighted by atomic mass is 9.33. The highest BCUT2D eigenvalue weighted by Gasteiger charge is 2.45. The van der Waals surface area contributed by atoms with Gasteiger partial charge in [-0.3, -0.25) is 0 Å². The third-order valence-corrected chi connectivity index (χ3v) is 18.3. The van der Waals surface area contributed by atoms with Crippen LogP contribution in [0.5, 0.6) is 11.5 Å². The molecular weight excluding hydrogens is 1040 g/mol. The summed E-state index contributed by atoms with van der Waals surface area (Å²) in [5, 5.41) is 4.90. The molecule has 4 heteroatoms. The highest BCUT2D eigenvalue weighted by molar-refractivity contribution is 6.99. The highest BCUT2D eigenvalue weighted by Crippen LogP contribution is 2.51. The van der Waals surface area contributed by atoms with Gasteiger partial charge in [0, 0.05) is 39.0 Å². The van der Waals surface area contributed by atoms with Crippen molar-refractivity contribution >= 4 is 72.7 Å². The fourth-order valence-electron chi connectivity index (χ4n) is 13.7. The van der Waals surface area contributed by atoms with Crippen LogP contribution in [0.25, 0.3) is 93.9 Å². The number of benzene rings is 12. The van der Waals surface area contributed by atoms with Gasteiger partial charge < -0.3 is 14.2 Å². The maximum Gasteiger partial charge on any atom is 0.256 e. The second-order valence-corrected chi connectivity index (χ2v) is 26.9. The number of nitrogens with zero attached hydrogens (tertiary/aromatic N) is 2. The number of hydrogen-bond acceptors (Lipinski definition) is 2. The van der Waals surface area contributed by atoms with Crippen LogP contribution in [0.2, 0.25) is 0 Å². The van der Waals surface area contributed by atoms with Crippen LogP contribution in [-0.4, -0.2) is 11.3 Å². The number of rotatable bonds is 7. The first-order valence-electron chi connectivity index (χ1n) is 30.5. The number of anilines is 3. The Kier molecular flexibility index (Phi) is 12.4. The first-order valence-corrected chi connectivity index (χ1v) is 30.5. The van der Waals surface area contributed by atoms with Crippen molar-refractivity contribution in [2.45, 2.75) is 78.6 Å². The van der Waals surface area contributed by atoms with E-state index in [0.717, 1.165) is 84.1 Å². The summed E-state index contributed by atoms with van der Waals surface area (Å²) in [5.74, 6) is 1.73. The van der Waals surface area contributed by atoms with Crippen LogP contribution < -0.4 is 26.0 Å². The van der Waals surface area contributed by atoms with Crippen molar-refractivity contribution in [2.24, 2.45) is 0 Å². The Balaban J connectivity index is 1.09. The molecule has 0 aliphatic carbocycles. The molecule has 0 saturated carbocycles. The van der Waals surface area contributed by atoms with E-state index in [1.165, 1.54) is 71.4 Å². The van der Waals surface area contributed by atoms with E-state index < -0.39 is 0 Å². The molecule has 0 unspecified atom stereocenters. The van der Waals surface area contributed by atoms with Crippen molar-refractivity contribution in [1.82, 2.24) is 4.57 Å². The Morgan fingerprint density at radius 3 is 1.42 bits per heavy atom. The minimum atomic E-state index is -0.268. The summed E-state index contributed by atoms with van der Waals surface area (Å²) in [6.07, 6.45) is 0. The standard InChI is InChI=1S/C82H69BN2O/c1-80(2,3)59-37-34-52(35-38-59)58-44-75-78-76(45-58)86-79-66(55-28-18-12-19-29-55)48-62(84-71-42-39-60(81(4,5)6)46-67(71)68-47-61(82(7,8)9)40-43-72(68)84)49-70(79)83(78)69-50-64(53-24-14-10-15-25-53)65(54-26-16-11-17-27-54)51-74(69)85(75)73-41-36-56-30-22-23-33-63(56)77(73)57-31-20-13-21-32-57/h10-51H,1-9H3. The van der Waals surface area contributed by atoms with Gasteiger partial charge in [0.15, 0.2) is 0 Å². The van der Waals surface area contributed by atoms with Gasteiger partial charge in [0.05, 0.1) is 16.7 Å². The van der Waals surface area contributed by atoms with E-state index in [9.17, 15) is 0 Å². The van der Waals surface area contributed by atoms with Crippen LogP contribution in [-0.2, 0) is 16.2 Å². The molecule has 0 N–H and O–H groups in total. The smallest absolute Gasteiger partial charge is 0.256 e. The number of aromatic nitrogens is 1. The van der Waals surface area contributed by atoms with Crippen molar-refractivity contribution in [3.05, 3.63) is 271 Å². The van der Waals surface area contributed by atoms with Crippen molar-refractivity contribution < 1.29 is 4.74 Å². The lowest BCUT2D eigenvalue weighted by Crippen LogP contribution is -2.59. The number of ether oxygens (including phenoxy) is 1. The maximum absolute atomic E-state index is 7.86. The highest BCUT2D eigenvalue weighted by atomic mass is 16.5. The Hall–Kier alpha value is -9.64. The van der Waals surface area contributed by atoms with Crippen LogP contribution in [0.3, 0.4) is 0 Å². The Bertz CT molecular complexity index is 4740. The van der Waals surface area contributed by atoms with Gasteiger partial charge in [0.2, 0.25) is 0 Å². The average molecular weight is 1110 g/mol. The third kappa shape index (κ3) is 8.88. The van der Waals surface area contributed by atoms with Crippen LogP contribution in [0, 0.1) is 0 Å². The van der Waals surface area contributed by atoms with Gasteiger partial charge in [-0.25, -0.2) is 0 Å². The van der Waals surface area contributed by atoms with E-state index in [-0.39, 0.29) is 23.0 Å². The molecule has 1 aromatic heterocycles. The molecule has 416 valence electrons. The summed E-state index contributed by atoms with van der Waals surface area (Å²) in [6.45, 7) is 20.5. The summed E-state index contributed by atoms with van der Waals surface area (Å²) in [4.78, 5) is 2.59. The van der Waals surface area contributed by atoms with Crippen LogP contribution in [0.4, 0.5) is 17.1 Å². The molecule has 0 radical (unpaired) electrons. The van der Waals surface area contributed by atoms with Crippen LogP contribution >= 0.6 is 0 Å². The third-order valence-electron chi connectivity index (χ3n) is 18.3. The quantitative estimate of drug-likeness (QED) is 0.148. The topological polar surface area (TPSA) is 17.4 Å². The second kappa shape index (κ2) is 20.0. The van der Waals surface area contributed by atoms with Gasteiger partial charge in [-0.1, -0.05) is 256 Å². The molecule has 2 aliphatic rings. The van der Waals surface area contributed by atoms with Gasteiger partial charge >= 0.3 is 0 Å². The van der Waals surface area contributed by atoms with Crippen molar-refractivity contribution in [2.75, 3.05) is 4.90 Å². The molecule has 0 amide bonds. The Morgan fingerprint density at radius 2 is 0.849 bits per heavy atom. The van der Waals surface area contributed by atoms with E-state index in [4.69, 9.17) is 4.74 Å². The molecule has 0 atom stereocenters. The first-order chi connectivity index (χ1) is 41.5. The van der Waals surface area contributed by atoms with Gasteiger partial charge in [0.25, 0.3) is 6.71 Å². The second-order valence-electron chi connectivity index (χ2n) is 26.9. The monoisotopic (exact) mass is 1110 g/mol. The average Bonchev–Trinajstić information content (AvgIpc) is 0.762. The van der Waals surface area contributed by atoms with Crippen LogP contribution in [0.1, 0.15) is 79.0 Å². The van der Waals surface area contributed by atoms with Gasteiger partial charge in [0.1, 0.15) is 11.5 Å². The molecule has 0 fully saturated rings. The Labute approximate surface area is 506 Å². The molecule has 13 aromatic rings. The SMILES string of the molecule is CC(C)(C)c1ccc(-c2cc3c4c(c2)N(c2ccc5ccccc5c2-c2ccccc2)c2cc(-c5ccccc5)c(-c5ccccc5)cc2B4c2cc(-n4c5ccc(C(C)(C)C)cc5c5cc(C(C)(C)C)ccc54)cc(-c4ccccc4)c2O3)cc1. The van der Waals surface area contributed by atoms with E-state index >= 15 is 0 Å². The summed E-state index contributed by atoms with van der Waals surface area (Å²) in [7, 11) is 0. The van der Waals surface area contributed by atoms with E-state index in [1.807, 2.05) is 0 Å². The molecule has 3 nitrogen and oxygen atoms in total. The van der Waals surface area contributed by atoms with Crippen molar-refractivity contribution in [1.29, 1.82) is 0 Å². The first kappa shape index (κ1) is 53.1. The maximum atomic E-state index is 7.86. The van der Waals surface area contributed by atoms with Gasteiger partial charge in [-0.2, -0.15) is 0 Å². The fraction of sp³-hybridized carbons (Fsp3) is 0.146. The zero-order chi connectivity index (χ0) is 58.8. The normalized spacial score (nSPS) is 13.0. The van der Waals surface area contributed by atoms with E-state index in [1.54, 1.807) is 0 Å². The summed E-state index contributed by atoms with van der Waals surface area (Å²) >= 11 is 0. The molecule has 3 heterocycles. The molecule has 86 heavy (non-hydrogen) atoms. The molecule has 0 saturated heterocycles. The van der Waals surface area contributed by atoms with E-state index in [2.05, 4.69) is 327 Å². The summed E-state index contributed by atoms with van der Waals surface area (Å²) in [5.41, 5.74) is 25.5.